The molecular formula is C6H12O11P2. The Hall–Kier alpha value is -0.480. The summed E-state index contributed by atoms with van der Waals surface area (Å²) in [6.45, 7) is -1.85. The molecule has 0 heterocycles. The Morgan fingerprint density at radius 3 is 2.00 bits per heavy atom. The van der Waals surface area contributed by atoms with Crippen LogP contribution in [0.2, 0.25) is 0 Å². The van der Waals surface area contributed by atoms with E-state index in [0.717, 1.165) is 0 Å². The lowest BCUT2D eigenvalue weighted by Crippen LogP contribution is -2.22. The largest absolute Gasteiger partial charge is 0.473 e. The van der Waals surface area contributed by atoms with Crippen LogP contribution in [0, 0.1) is 0 Å². The van der Waals surface area contributed by atoms with Crippen molar-refractivity contribution in [1.29, 1.82) is 0 Å². The molecule has 0 aliphatic rings. The van der Waals surface area contributed by atoms with Gasteiger partial charge in [-0.15, -0.1) is 0 Å². The molecule has 3 unspecified atom stereocenters. The maximum absolute atomic E-state index is 11.2. The number of aldehydes is 2. The molecule has 0 bridgehead atoms. The van der Waals surface area contributed by atoms with E-state index in [1.54, 1.807) is 0 Å². The number of phosphoric acid groups is 2. The molecule has 0 radical (unpaired) electrons. The number of aliphatic hydroxyl groups is 1. The third-order valence-corrected chi connectivity index (χ3v) is 2.89. The Morgan fingerprint density at radius 1 is 1.00 bits per heavy atom. The van der Waals surface area contributed by atoms with Crippen molar-refractivity contribution in [3.05, 3.63) is 0 Å². The van der Waals surface area contributed by atoms with Crippen molar-refractivity contribution >= 4 is 28.2 Å². The van der Waals surface area contributed by atoms with E-state index in [-0.39, 0.29) is 12.6 Å². The summed E-state index contributed by atoms with van der Waals surface area (Å²) in [5.74, 6) is 0. The van der Waals surface area contributed by atoms with Gasteiger partial charge < -0.3 is 29.4 Å². The average molecular weight is 322 g/mol. The van der Waals surface area contributed by atoms with Crippen LogP contribution in [0.4, 0.5) is 0 Å². The summed E-state index contributed by atoms with van der Waals surface area (Å²) in [6.07, 6.45) is -3.45. The zero-order valence-electron chi connectivity index (χ0n) is 9.26. The highest BCUT2D eigenvalue weighted by Crippen LogP contribution is 2.45. The average Bonchev–Trinajstić information content (AvgIpc) is 2.30. The van der Waals surface area contributed by atoms with Crippen molar-refractivity contribution in [2.45, 2.75) is 12.2 Å². The van der Waals surface area contributed by atoms with Crippen LogP contribution < -0.4 is 0 Å². The van der Waals surface area contributed by atoms with Crippen LogP contribution in [0.1, 0.15) is 0 Å². The zero-order chi connectivity index (χ0) is 15.1. The molecule has 0 saturated carbocycles. The number of hydrogen-bond acceptors (Lipinski definition) is 8. The van der Waals surface area contributed by atoms with E-state index in [4.69, 9.17) is 19.8 Å². The van der Waals surface area contributed by atoms with Crippen LogP contribution in [0.3, 0.4) is 0 Å². The molecule has 0 aliphatic carbocycles. The number of aliphatic hydroxyl groups excluding tert-OH is 1. The molecule has 0 fully saturated rings. The third-order valence-electron chi connectivity index (χ3n) is 1.39. The summed E-state index contributed by atoms with van der Waals surface area (Å²) < 4.78 is 33.8. The highest BCUT2D eigenvalue weighted by Gasteiger charge is 2.29. The Labute approximate surface area is 107 Å². The fourth-order valence-corrected chi connectivity index (χ4v) is 1.87. The normalized spacial score (nSPS) is 18.3. The van der Waals surface area contributed by atoms with Gasteiger partial charge in [0, 0.05) is 0 Å². The lowest BCUT2D eigenvalue weighted by atomic mass is 10.4. The molecule has 0 spiro atoms. The fraction of sp³-hybridized carbons (Fsp3) is 0.667. The predicted molar refractivity (Wildman–Crippen MR) is 56.8 cm³/mol. The number of hydrogen-bond donors (Lipinski definition) is 4. The third kappa shape index (κ3) is 10.0. The molecule has 0 aromatic carbocycles. The molecule has 0 saturated heterocycles. The van der Waals surface area contributed by atoms with E-state index in [1.165, 1.54) is 0 Å². The Morgan fingerprint density at radius 2 is 1.58 bits per heavy atom. The van der Waals surface area contributed by atoms with Gasteiger partial charge in [-0.2, -0.15) is 0 Å². The summed E-state index contributed by atoms with van der Waals surface area (Å²) in [6, 6.07) is 0. The van der Waals surface area contributed by atoms with Crippen molar-refractivity contribution in [2.75, 3.05) is 13.2 Å². The SMILES string of the molecule is O=CC(O)COP(=O)(O)OC(C=O)COP(=O)(O)O. The Kier molecular flexibility index (Phi) is 7.75. The van der Waals surface area contributed by atoms with Crippen molar-refractivity contribution in [2.24, 2.45) is 0 Å². The molecule has 19 heavy (non-hydrogen) atoms. The van der Waals surface area contributed by atoms with E-state index in [9.17, 15) is 18.7 Å². The minimum Gasteiger partial charge on any atom is -0.383 e. The standard InChI is InChI=1S/C6H12O11P2/c7-1-5(9)3-16-19(13,14)17-6(2-8)4-15-18(10,11)12/h1-2,5-6,9H,3-4H2,(H,13,14)(H2,10,11,12). The first-order valence-corrected chi connectivity index (χ1v) is 7.56. The summed E-state index contributed by atoms with van der Waals surface area (Å²) in [7, 11) is -9.67. The van der Waals surface area contributed by atoms with Crippen LogP contribution in [-0.2, 0) is 32.3 Å². The molecule has 13 heteroatoms. The van der Waals surface area contributed by atoms with Gasteiger partial charge in [-0.3, -0.25) is 13.6 Å². The molecule has 0 amide bonds. The number of phosphoric ester groups is 2. The van der Waals surface area contributed by atoms with Gasteiger partial charge in [0.1, 0.15) is 12.2 Å². The molecule has 11 nitrogen and oxygen atoms in total. The van der Waals surface area contributed by atoms with E-state index in [2.05, 4.69) is 13.6 Å². The van der Waals surface area contributed by atoms with E-state index in [0.29, 0.717) is 0 Å². The lowest BCUT2D eigenvalue weighted by molar-refractivity contribution is -0.118. The summed E-state index contributed by atoms with van der Waals surface area (Å²) in [5.41, 5.74) is 0. The highest BCUT2D eigenvalue weighted by molar-refractivity contribution is 7.47. The van der Waals surface area contributed by atoms with Gasteiger partial charge in [0.05, 0.1) is 13.2 Å². The molecule has 0 rings (SSSR count). The number of rotatable bonds is 10. The maximum Gasteiger partial charge on any atom is 0.473 e. The number of carbonyl (C=O) groups is 2. The Bertz CT molecular complexity index is 389. The first-order valence-electron chi connectivity index (χ1n) is 4.54. The maximum atomic E-state index is 11.2. The molecule has 0 aromatic rings. The van der Waals surface area contributed by atoms with Gasteiger partial charge in [-0.1, -0.05) is 0 Å². The monoisotopic (exact) mass is 322 g/mol. The van der Waals surface area contributed by atoms with Gasteiger partial charge >= 0.3 is 15.6 Å². The fourth-order valence-electron chi connectivity index (χ4n) is 0.676. The highest BCUT2D eigenvalue weighted by atomic mass is 31.2. The summed E-state index contributed by atoms with van der Waals surface area (Å²) in [5, 5.41) is 8.74. The molecule has 0 aliphatic heterocycles. The van der Waals surface area contributed by atoms with Crippen LogP contribution >= 0.6 is 15.6 Å². The molecule has 4 N–H and O–H groups in total. The van der Waals surface area contributed by atoms with E-state index >= 15 is 0 Å². The zero-order valence-corrected chi connectivity index (χ0v) is 11.1. The van der Waals surface area contributed by atoms with Crippen LogP contribution in [0.15, 0.2) is 0 Å². The van der Waals surface area contributed by atoms with Crippen molar-refractivity contribution in [3.8, 4) is 0 Å². The first kappa shape index (κ1) is 18.5. The van der Waals surface area contributed by atoms with Gasteiger partial charge in [0.25, 0.3) is 0 Å². The van der Waals surface area contributed by atoms with Gasteiger partial charge in [-0.25, -0.2) is 9.13 Å². The van der Waals surface area contributed by atoms with Crippen molar-refractivity contribution < 1.29 is 52.1 Å². The second kappa shape index (κ2) is 7.95. The van der Waals surface area contributed by atoms with Crippen LogP contribution in [0.25, 0.3) is 0 Å². The quantitative estimate of drug-likeness (QED) is 0.268. The van der Waals surface area contributed by atoms with E-state index in [1.807, 2.05) is 0 Å². The topological polar surface area (TPSA) is 177 Å². The van der Waals surface area contributed by atoms with Gasteiger partial charge in [0.2, 0.25) is 0 Å². The molecular weight excluding hydrogens is 310 g/mol. The first-order chi connectivity index (χ1) is 8.59. The van der Waals surface area contributed by atoms with Crippen LogP contribution in [-0.4, -0.2) is 57.8 Å². The molecule has 3 atom stereocenters. The van der Waals surface area contributed by atoms with Gasteiger partial charge in [0.15, 0.2) is 12.6 Å². The Balaban J connectivity index is 4.35. The van der Waals surface area contributed by atoms with E-state index < -0.39 is 41.1 Å². The second-order valence-electron chi connectivity index (χ2n) is 3.03. The molecule has 0 aromatic heterocycles. The summed E-state index contributed by atoms with van der Waals surface area (Å²) in [4.78, 5) is 46.2. The van der Waals surface area contributed by atoms with Crippen molar-refractivity contribution in [3.63, 3.8) is 0 Å². The lowest BCUT2D eigenvalue weighted by Gasteiger charge is -2.17. The summed E-state index contributed by atoms with van der Waals surface area (Å²) >= 11 is 0. The molecule has 112 valence electrons. The number of carbonyl (C=O) groups excluding carboxylic acids is 2. The second-order valence-corrected chi connectivity index (χ2v) is 5.68. The predicted octanol–water partition coefficient (Wildman–Crippen LogP) is -1.64. The minimum absolute atomic E-state index is 0.0358. The van der Waals surface area contributed by atoms with Gasteiger partial charge in [-0.05, 0) is 0 Å². The van der Waals surface area contributed by atoms with Crippen LogP contribution in [0.5, 0.6) is 0 Å². The smallest absolute Gasteiger partial charge is 0.383 e. The van der Waals surface area contributed by atoms with Crippen molar-refractivity contribution in [1.82, 2.24) is 0 Å². The minimum atomic E-state index is -4.87.